The molecule has 154 valence electrons. The monoisotopic (exact) mass is 405 g/mol. The summed E-state index contributed by atoms with van der Waals surface area (Å²) in [5.74, 6) is 0.650. The summed E-state index contributed by atoms with van der Waals surface area (Å²) in [5.41, 5.74) is 1.88. The summed E-state index contributed by atoms with van der Waals surface area (Å²) < 4.78 is 23.0. The van der Waals surface area contributed by atoms with Crippen molar-refractivity contribution in [3.63, 3.8) is 0 Å². The zero-order valence-corrected chi connectivity index (χ0v) is 18.7. The zero-order valence-electron chi connectivity index (χ0n) is 17.9. The maximum atomic E-state index is 13.1. The van der Waals surface area contributed by atoms with Gasteiger partial charge in [0.15, 0.2) is 0 Å². The van der Waals surface area contributed by atoms with Crippen LogP contribution in [0.15, 0.2) is 16.9 Å². The van der Waals surface area contributed by atoms with Gasteiger partial charge in [-0.2, -0.15) is 0 Å². The van der Waals surface area contributed by atoms with E-state index < -0.39 is 17.0 Å². The van der Waals surface area contributed by atoms with Gasteiger partial charge in [0, 0.05) is 30.6 Å². The fourth-order valence-corrected chi connectivity index (χ4v) is 4.51. The quantitative estimate of drug-likeness (QED) is 0.789. The molecule has 0 spiro atoms. The fraction of sp³-hybridized carbons (Fsp3) is 0.619. The van der Waals surface area contributed by atoms with Gasteiger partial charge in [0.25, 0.3) is 5.56 Å². The lowest BCUT2D eigenvalue weighted by Gasteiger charge is -2.28. The lowest BCUT2D eigenvalue weighted by Crippen LogP contribution is -2.40. The molecule has 1 saturated heterocycles. The molecule has 1 fully saturated rings. The van der Waals surface area contributed by atoms with Crippen molar-refractivity contribution in [2.45, 2.75) is 70.8 Å². The molecule has 2 heterocycles. The maximum absolute atomic E-state index is 13.1. The first kappa shape index (κ1) is 21.3. The van der Waals surface area contributed by atoms with Crippen LogP contribution >= 0.6 is 0 Å². The van der Waals surface area contributed by atoms with Crippen LogP contribution in [0.5, 0.6) is 0 Å². The predicted molar refractivity (Wildman–Crippen MR) is 114 cm³/mol. The third-order valence-corrected chi connectivity index (χ3v) is 7.03. The molecule has 28 heavy (non-hydrogen) atoms. The van der Waals surface area contributed by atoms with Gasteiger partial charge in [-0.05, 0) is 66.0 Å². The maximum Gasteiger partial charge on any atom is 0.261 e. The van der Waals surface area contributed by atoms with Gasteiger partial charge in [-0.1, -0.05) is 6.07 Å². The first-order valence-corrected chi connectivity index (χ1v) is 10.9. The largest absolute Gasteiger partial charge is 0.598 e. The number of rotatable bonds is 4. The molecular weight excluding hydrogens is 374 g/mol. The van der Waals surface area contributed by atoms with E-state index in [-0.39, 0.29) is 16.3 Å². The molecule has 1 aliphatic heterocycles. The van der Waals surface area contributed by atoms with Gasteiger partial charge in [-0.15, -0.1) is 4.72 Å². The molecule has 6 nitrogen and oxygen atoms in total. The van der Waals surface area contributed by atoms with E-state index in [1.54, 1.807) is 11.6 Å². The van der Waals surface area contributed by atoms with Crippen molar-refractivity contribution in [1.82, 2.24) is 14.3 Å². The molecule has 0 aliphatic carbocycles. The molecule has 0 radical (unpaired) electrons. The third-order valence-electron chi connectivity index (χ3n) is 5.35. The Labute approximate surface area is 170 Å². The number of hydrogen-bond donors (Lipinski definition) is 1. The highest BCUT2D eigenvalue weighted by Crippen LogP contribution is 2.35. The van der Waals surface area contributed by atoms with E-state index in [0.717, 1.165) is 24.0 Å². The summed E-state index contributed by atoms with van der Waals surface area (Å²) in [5, 5.41) is 0.582. The second-order valence-corrected chi connectivity index (χ2v) is 11.0. The SMILES string of the molecule is Cc1cc(C(C)N[S@+]([O-])C(C)(C)C)c2nc(C3(C)CCCO3)n(C)c(=O)c2c1. The van der Waals surface area contributed by atoms with E-state index in [9.17, 15) is 9.35 Å². The lowest BCUT2D eigenvalue weighted by atomic mass is 9.99. The highest BCUT2D eigenvalue weighted by atomic mass is 32.2. The molecule has 0 amide bonds. The van der Waals surface area contributed by atoms with Gasteiger partial charge < -0.3 is 9.29 Å². The van der Waals surface area contributed by atoms with E-state index in [2.05, 4.69) is 4.72 Å². The van der Waals surface area contributed by atoms with Crippen LogP contribution in [0.1, 0.15) is 70.5 Å². The average Bonchev–Trinajstić information content (AvgIpc) is 3.04. The van der Waals surface area contributed by atoms with Crippen LogP contribution in [0.4, 0.5) is 0 Å². The minimum Gasteiger partial charge on any atom is -0.598 e. The predicted octanol–water partition coefficient (Wildman–Crippen LogP) is 3.38. The molecule has 1 aromatic heterocycles. The Morgan fingerprint density at radius 3 is 2.64 bits per heavy atom. The van der Waals surface area contributed by atoms with E-state index >= 15 is 0 Å². The summed E-state index contributed by atoms with van der Waals surface area (Å²) in [7, 11) is 1.76. The number of fused-ring (bicyclic) bond motifs is 1. The Morgan fingerprint density at radius 1 is 1.39 bits per heavy atom. The summed E-state index contributed by atoms with van der Waals surface area (Å²) in [6.07, 6.45) is 1.79. The average molecular weight is 406 g/mol. The Hall–Kier alpha value is -1.41. The van der Waals surface area contributed by atoms with Crippen molar-refractivity contribution in [2.75, 3.05) is 6.61 Å². The van der Waals surface area contributed by atoms with Crippen LogP contribution in [0, 0.1) is 6.92 Å². The molecule has 3 atom stereocenters. The molecule has 1 aliphatic rings. The molecule has 1 aromatic carbocycles. The first-order chi connectivity index (χ1) is 12.9. The van der Waals surface area contributed by atoms with E-state index in [1.165, 1.54) is 0 Å². The number of hydrogen-bond acceptors (Lipinski definition) is 5. The minimum absolute atomic E-state index is 0.0779. The van der Waals surface area contributed by atoms with Crippen molar-refractivity contribution in [1.29, 1.82) is 0 Å². The number of aromatic nitrogens is 2. The molecule has 1 N–H and O–H groups in total. The summed E-state index contributed by atoms with van der Waals surface area (Å²) in [6.45, 7) is 12.4. The van der Waals surface area contributed by atoms with Gasteiger partial charge in [-0.25, -0.2) is 4.98 Å². The van der Waals surface area contributed by atoms with Gasteiger partial charge in [0.1, 0.15) is 16.2 Å². The number of aryl methyl sites for hydroxylation is 1. The van der Waals surface area contributed by atoms with Crippen LogP contribution in [-0.4, -0.2) is 25.5 Å². The van der Waals surface area contributed by atoms with Crippen LogP contribution in [-0.2, 0) is 28.7 Å². The Bertz CT molecular complexity index is 943. The summed E-state index contributed by atoms with van der Waals surface area (Å²) in [4.78, 5) is 18.1. The van der Waals surface area contributed by atoms with E-state index in [1.807, 2.05) is 53.7 Å². The standard InChI is InChI=1S/C21H31N3O3S/c1-13-11-15(14(2)23-28(26)20(3,4)5)17-16(12-13)18(25)24(7)19(22-17)21(6)9-8-10-27-21/h11-12,14,23H,8-10H2,1-7H3/t14?,21?,28-/m1/s1. The normalized spacial score (nSPS) is 22.6. The molecule has 0 bridgehead atoms. The number of nitrogens with zero attached hydrogens (tertiary/aromatic N) is 2. The zero-order chi connectivity index (χ0) is 20.9. The van der Waals surface area contributed by atoms with E-state index in [0.29, 0.717) is 23.3 Å². The number of ether oxygens (including phenoxy) is 1. The second kappa shape index (κ2) is 7.44. The number of nitrogens with one attached hydrogen (secondary N) is 1. The molecular formula is C21H31N3O3S. The van der Waals surface area contributed by atoms with Crippen LogP contribution in [0.25, 0.3) is 10.9 Å². The van der Waals surface area contributed by atoms with Crippen LogP contribution in [0.2, 0.25) is 0 Å². The highest BCUT2D eigenvalue weighted by Gasteiger charge is 2.36. The van der Waals surface area contributed by atoms with Crippen molar-refractivity contribution in [3.8, 4) is 0 Å². The van der Waals surface area contributed by atoms with E-state index in [4.69, 9.17) is 9.72 Å². The number of benzene rings is 1. The van der Waals surface area contributed by atoms with Crippen LogP contribution in [0.3, 0.4) is 0 Å². The first-order valence-electron chi connectivity index (χ1n) is 9.78. The minimum atomic E-state index is -1.23. The van der Waals surface area contributed by atoms with Crippen molar-refractivity contribution >= 4 is 22.3 Å². The second-order valence-electron chi connectivity index (χ2n) is 8.95. The topological polar surface area (TPSA) is 79.2 Å². The Balaban J connectivity index is 2.18. The smallest absolute Gasteiger partial charge is 0.261 e. The molecule has 3 rings (SSSR count). The summed E-state index contributed by atoms with van der Waals surface area (Å²) >= 11 is -1.23. The lowest BCUT2D eigenvalue weighted by molar-refractivity contribution is 0.00637. The fourth-order valence-electron chi connectivity index (χ4n) is 3.71. The Morgan fingerprint density at radius 2 is 2.07 bits per heavy atom. The molecule has 0 saturated carbocycles. The van der Waals surface area contributed by atoms with Gasteiger partial charge >= 0.3 is 0 Å². The van der Waals surface area contributed by atoms with Crippen LogP contribution < -0.4 is 10.3 Å². The summed E-state index contributed by atoms with van der Waals surface area (Å²) in [6, 6.07) is 3.68. The van der Waals surface area contributed by atoms with Gasteiger partial charge in [-0.3, -0.25) is 9.36 Å². The van der Waals surface area contributed by atoms with Crippen molar-refractivity contribution < 1.29 is 9.29 Å². The molecule has 2 aromatic rings. The molecule has 7 heteroatoms. The van der Waals surface area contributed by atoms with Gasteiger partial charge in [0.05, 0.1) is 16.9 Å². The van der Waals surface area contributed by atoms with Crippen molar-refractivity contribution in [3.05, 3.63) is 39.4 Å². The Kier molecular flexibility index (Phi) is 5.66. The highest BCUT2D eigenvalue weighted by molar-refractivity contribution is 7.90. The third kappa shape index (κ3) is 3.85. The van der Waals surface area contributed by atoms with Crippen molar-refractivity contribution in [2.24, 2.45) is 7.05 Å². The molecule has 2 unspecified atom stereocenters. The van der Waals surface area contributed by atoms with Gasteiger partial charge in [0.2, 0.25) is 0 Å².